The maximum atomic E-state index is 6.31. The highest BCUT2D eigenvalue weighted by Gasteiger charge is 2.49. The predicted molar refractivity (Wildman–Crippen MR) is 83.2 cm³/mol. The summed E-state index contributed by atoms with van der Waals surface area (Å²) in [5.74, 6) is 1.67. The van der Waals surface area contributed by atoms with Crippen molar-refractivity contribution in [3.8, 4) is 0 Å². The third-order valence-electron chi connectivity index (χ3n) is 5.82. The molecule has 2 N–H and O–H groups in total. The zero-order valence-electron chi connectivity index (χ0n) is 13.9. The van der Waals surface area contributed by atoms with E-state index in [4.69, 9.17) is 5.73 Å². The summed E-state index contributed by atoms with van der Waals surface area (Å²) in [6.45, 7) is 14.5. The molecule has 0 radical (unpaired) electrons. The number of nitrogens with zero attached hydrogens (tertiary/aromatic N) is 1. The first kappa shape index (κ1) is 15.3. The van der Waals surface area contributed by atoms with Gasteiger partial charge in [-0.05, 0) is 58.8 Å². The van der Waals surface area contributed by atoms with Gasteiger partial charge < -0.3 is 5.73 Å². The van der Waals surface area contributed by atoms with Gasteiger partial charge in [-0.1, -0.05) is 26.7 Å². The summed E-state index contributed by atoms with van der Waals surface area (Å²) in [6, 6.07) is 1.10. The summed E-state index contributed by atoms with van der Waals surface area (Å²) in [4.78, 5) is 2.84. The minimum absolute atomic E-state index is 0.233. The summed E-state index contributed by atoms with van der Waals surface area (Å²) >= 11 is 0. The molecule has 2 aliphatic rings. The van der Waals surface area contributed by atoms with Gasteiger partial charge in [-0.15, -0.1) is 0 Å². The highest BCUT2D eigenvalue weighted by atomic mass is 15.3. The van der Waals surface area contributed by atoms with Crippen molar-refractivity contribution in [2.45, 2.75) is 96.8 Å². The van der Waals surface area contributed by atoms with Crippen molar-refractivity contribution in [1.29, 1.82) is 0 Å². The highest BCUT2D eigenvalue weighted by Crippen LogP contribution is 2.45. The van der Waals surface area contributed by atoms with Crippen LogP contribution in [-0.2, 0) is 0 Å². The Kier molecular flexibility index (Phi) is 4.06. The topological polar surface area (TPSA) is 29.3 Å². The summed E-state index contributed by atoms with van der Waals surface area (Å²) in [6.07, 6.45) is 6.44. The Labute approximate surface area is 120 Å². The molecule has 2 heteroatoms. The highest BCUT2D eigenvalue weighted by molar-refractivity contribution is 5.05. The van der Waals surface area contributed by atoms with Crippen LogP contribution in [0.1, 0.15) is 73.6 Å². The van der Waals surface area contributed by atoms with E-state index in [-0.39, 0.29) is 11.1 Å². The van der Waals surface area contributed by atoms with E-state index in [2.05, 4.69) is 46.4 Å². The zero-order valence-corrected chi connectivity index (χ0v) is 13.9. The van der Waals surface area contributed by atoms with Crippen molar-refractivity contribution >= 4 is 0 Å². The van der Waals surface area contributed by atoms with E-state index >= 15 is 0 Å². The van der Waals surface area contributed by atoms with Gasteiger partial charge in [0.15, 0.2) is 0 Å². The molecule has 0 aromatic carbocycles. The molecular formula is C17H34N2. The molecule has 0 aromatic rings. The van der Waals surface area contributed by atoms with Crippen LogP contribution in [0.25, 0.3) is 0 Å². The van der Waals surface area contributed by atoms with Gasteiger partial charge in [0.2, 0.25) is 0 Å². The summed E-state index contributed by atoms with van der Waals surface area (Å²) < 4.78 is 0. The zero-order chi connectivity index (χ0) is 14.4. The molecular weight excluding hydrogens is 232 g/mol. The van der Waals surface area contributed by atoms with Gasteiger partial charge in [-0.3, -0.25) is 4.90 Å². The SMILES string of the molecule is CC1CCCC(N2C(C)(C)CC(N)CC2(C)C)C1C. The monoisotopic (exact) mass is 266 g/mol. The molecule has 2 nitrogen and oxygen atoms in total. The number of piperidine rings is 1. The Morgan fingerprint density at radius 2 is 1.47 bits per heavy atom. The van der Waals surface area contributed by atoms with Crippen LogP contribution in [0.5, 0.6) is 0 Å². The van der Waals surface area contributed by atoms with Gasteiger partial charge in [0.25, 0.3) is 0 Å². The smallest absolute Gasteiger partial charge is 0.0176 e. The second kappa shape index (κ2) is 5.04. The van der Waals surface area contributed by atoms with Gasteiger partial charge in [-0.2, -0.15) is 0 Å². The molecule has 3 unspecified atom stereocenters. The van der Waals surface area contributed by atoms with E-state index in [1.807, 2.05) is 0 Å². The Morgan fingerprint density at radius 1 is 0.947 bits per heavy atom. The van der Waals surface area contributed by atoms with Crippen molar-refractivity contribution < 1.29 is 0 Å². The molecule has 1 saturated heterocycles. The van der Waals surface area contributed by atoms with Gasteiger partial charge in [0.05, 0.1) is 0 Å². The van der Waals surface area contributed by atoms with Gasteiger partial charge in [0.1, 0.15) is 0 Å². The molecule has 2 fully saturated rings. The molecule has 19 heavy (non-hydrogen) atoms. The molecule has 1 aliphatic carbocycles. The van der Waals surface area contributed by atoms with Gasteiger partial charge in [-0.25, -0.2) is 0 Å². The standard InChI is InChI=1S/C17H34N2/c1-12-8-7-9-15(13(12)2)19-16(3,4)10-14(18)11-17(19,5)6/h12-15H,7-11,18H2,1-6H3. The van der Waals surface area contributed by atoms with Crippen molar-refractivity contribution in [3.05, 3.63) is 0 Å². The number of rotatable bonds is 1. The van der Waals surface area contributed by atoms with E-state index in [0.29, 0.717) is 6.04 Å². The molecule has 1 heterocycles. The lowest BCUT2D eigenvalue weighted by molar-refractivity contribution is -0.0980. The van der Waals surface area contributed by atoms with Crippen LogP contribution in [0.3, 0.4) is 0 Å². The predicted octanol–water partition coefficient (Wildman–Crippen LogP) is 3.79. The van der Waals surface area contributed by atoms with E-state index in [0.717, 1.165) is 30.7 Å². The first-order valence-electron chi connectivity index (χ1n) is 8.20. The first-order valence-corrected chi connectivity index (χ1v) is 8.20. The number of hydrogen-bond donors (Lipinski definition) is 1. The first-order chi connectivity index (χ1) is 8.65. The third-order valence-corrected chi connectivity index (χ3v) is 5.82. The van der Waals surface area contributed by atoms with Gasteiger partial charge in [0, 0.05) is 23.2 Å². The Balaban J connectivity index is 2.29. The van der Waals surface area contributed by atoms with Crippen LogP contribution < -0.4 is 5.73 Å². The minimum atomic E-state index is 0.233. The van der Waals surface area contributed by atoms with E-state index in [1.165, 1.54) is 19.3 Å². The van der Waals surface area contributed by atoms with E-state index < -0.39 is 0 Å². The van der Waals surface area contributed by atoms with Crippen LogP contribution in [-0.4, -0.2) is 28.1 Å². The quantitative estimate of drug-likeness (QED) is 0.782. The fourth-order valence-corrected chi connectivity index (χ4v) is 5.19. The average molecular weight is 266 g/mol. The minimum Gasteiger partial charge on any atom is -0.328 e. The molecule has 1 saturated carbocycles. The molecule has 0 amide bonds. The van der Waals surface area contributed by atoms with Crippen molar-refractivity contribution in [3.63, 3.8) is 0 Å². The van der Waals surface area contributed by atoms with Crippen molar-refractivity contribution in [2.24, 2.45) is 17.6 Å². The Hall–Kier alpha value is -0.0800. The fourth-order valence-electron chi connectivity index (χ4n) is 5.19. The fraction of sp³-hybridized carbons (Fsp3) is 1.00. The van der Waals surface area contributed by atoms with E-state index in [1.54, 1.807) is 0 Å². The lowest BCUT2D eigenvalue weighted by atomic mass is 9.70. The van der Waals surface area contributed by atoms with Crippen LogP contribution in [0.2, 0.25) is 0 Å². The number of nitrogens with two attached hydrogens (primary N) is 1. The maximum absolute atomic E-state index is 6.31. The normalized spacial score (nSPS) is 40.3. The molecule has 3 atom stereocenters. The summed E-state index contributed by atoms with van der Waals surface area (Å²) in [7, 11) is 0. The molecule has 0 bridgehead atoms. The third kappa shape index (κ3) is 2.85. The number of hydrogen-bond acceptors (Lipinski definition) is 2. The van der Waals surface area contributed by atoms with Crippen LogP contribution in [0, 0.1) is 11.8 Å². The summed E-state index contributed by atoms with van der Waals surface area (Å²) in [5, 5.41) is 0. The van der Waals surface area contributed by atoms with Gasteiger partial charge >= 0.3 is 0 Å². The molecule has 2 rings (SSSR count). The molecule has 112 valence electrons. The second-order valence-corrected chi connectivity index (χ2v) is 8.50. The van der Waals surface area contributed by atoms with Crippen molar-refractivity contribution in [1.82, 2.24) is 4.90 Å². The average Bonchev–Trinajstić information content (AvgIpc) is 2.20. The Bertz CT molecular complexity index is 303. The van der Waals surface area contributed by atoms with Crippen LogP contribution >= 0.6 is 0 Å². The second-order valence-electron chi connectivity index (χ2n) is 8.50. The van der Waals surface area contributed by atoms with Crippen molar-refractivity contribution in [2.75, 3.05) is 0 Å². The lowest BCUT2D eigenvalue weighted by Gasteiger charge is -2.60. The Morgan fingerprint density at radius 3 is 2.00 bits per heavy atom. The maximum Gasteiger partial charge on any atom is 0.0176 e. The lowest BCUT2D eigenvalue weighted by Crippen LogP contribution is -2.68. The molecule has 0 aromatic heterocycles. The number of likely N-dealkylation sites (tertiary alicyclic amines) is 1. The molecule has 1 aliphatic heterocycles. The van der Waals surface area contributed by atoms with Crippen LogP contribution in [0.4, 0.5) is 0 Å². The van der Waals surface area contributed by atoms with Crippen LogP contribution in [0.15, 0.2) is 0 Å². The molecule has 0 spiro atoms. The van der Waals surface area contributed by atoms with E-state index in [9.17, 15) is 0 Å². The largest absolute Gasteiger partial charge is 0.328 e. The summed E-state index contributed by atoms with van der Waals surface area (Å²) in [5.41, 5.74) is 6.78.